The number of methoxy groups -OCH3 is 1. The highest BCUT2D eigenvalue weighted by Crippen LogP contribution is 2.52. The smallest absolute Gasteiger partial charge is 0.338 e. The fourth-order valence-electron chi connectivity index (χ4n) is 2.43. The van der Waals surface area contributed by atoms with E-state index < -0.39 is 11.4 Å². The Labute approximate surface area is 121 Å². The molecule has 0 radical (unpaired) electrons. The Morgan fingerprint density at radius 1 is 1.33 bits per heavy atom. The van der Waals surface area contributed by atoms with Crippen LogP contribution < -0.4 is 5.32 Å². The van der Waals surface area contributed by atoms with E-state index in [-0.39, 0.29) is 23.4 Å². The van der Waals surface area contributed by atoms with Crippen LogP contribution in [0.15, 0.2) is 18.3 Å². The summed E-state index contributed by atoms with van der Waals surface area (Å²) in [6.45, 7) is 0. The van der Waals surface area contributed by atoms with Crippen molar-refractivity contribution in [3.63, 3.8) is 0 Å². The summed E-state index contributed by atoms with van der Waals surface area (Å²) in [5.41, 5.74) is -0.550. The second-order valence-electron chi connectivity index (χ2n) is 5.60. The van der Waals surface area contributed by atoms with Crippen LogP contribution in [0.2, 0.25) is 0 Å². The van der Waals surface area contributed by atoms with Gasteiger partial charge in [0, 0.05) is 12.1 Å². The zero-order valence-corrected chi connectivity index (χ0v) is 11.7. The first kappa shape index (κ1) is 13.7. The van der Waals surface area contributed by atoms with Crippen molar-refractivity contribution in [2.24, 2.45) is 11.3 Å². The summed E-state index contributed by atoms with van der Waals surface area (Å²) in [7, 11) is 1.29. The summed E-state index contributed by atoms with van der Waals surface area (Å²) in [5, 5.41) is 2.65. The fourth-order valence-corrected chi connectivity index (χ4v) is 2.43. The Kier molecular flexibility index (Phi) is 3.23. The molecule has 0 saturated heterocycles. The summed E-state index contributed by atoms with van der Waals surface area (Å²) in [6, 6.07) is 2.95. The van der Waals surface area contributed by atoms with Crippen LogP contribution >= 0.6 is 0 Å². The van der Waals surface area contributed by atoms with E-state index in [1.807, 2.05) is 0 Å². The van der Waals surface area contributed by atoms with Gasteiger partial charge in [0.15, 0.2) is 5.78 Å². The number of rotatable bonds is 5. The van der Waals surface area contributed by atoms with Gasteiger partial charge < -0.3 is 10.1 Å². The van der Waals surface area contributed by atoms with Crippen molar-refractivity contribution in [3.8, 4) is 0 Å². The Balaban J connectivity index is 1.73. The lowest BCUT2D eigenvalue weighted by Gasteiger charge is -2.13. The van der Waals surface area contributed by atoms with Gasteiger partial charge in [-0.05, 0) is 37.8 Å². The number of ketones is 1. The van der Waals surface area contributed by atoms with E-state index in [9.17, 15) is 14.4 Å². The third kappa shape index (κ3) is 2.53. The molecule has 0 atom stereocenters. The minimum atomic E-state index is -0.857. The lowest BCUT2D eigenvalue weighted by Crippen LogP contribution is -2.32. The van der Waals surface area contributed by atoms with Gasteiger partial charge >= 0.3 is 5.97 Å². The van der Waals surface area contributed by atoms with E-state index in [0.29, 0.717) is 18.4 Å². The quantitative estimate of drug-likeness (QED) is 0.656. The number of hydrogen-bond donors (Lipinski definition) is 1. The number of nitrogens with zero attached hydrogens (tertiary/aromatic N) is 1. The van der Waals surface area contributed by atoms with Crippen LogP contribution in [0.5, 0.6) is 0 Å². The van der Waals surface area contributed by atoms with Crippen molar-refractivity contribution in [2.75, 3.05) is 12.4 Å². The normalized spacial score (nSPS) is 18.7. The number of aromatic nitrogens is 1. The molecule has 1 amide bonds. The average molecular weight is 288 g/mol. The second kappa shape index (κ2) is 4.95. The summed E-state index contributed by atoms with van der Waals surface area (Å²) < 4.78 is 4.62. The average Bonchev–Trinajstić information content (AvgIpc) is 3.39. The highest BCUT2D eigenvalue weighted by Gasteiger charge is 2.59. The van der Waals surface area contributed by atoms with Crippen LogP contribution in [0.25, 0.3) is 0 Å². The van der Waals surface area contributed by atoms with Gasteiger partial charge in [-0.15, -0.1) is 0 Å². The Bertz CT molecular complexity index is 618. The van der Waals surface area contributed by atoms with Crippen LogP contribution in [-0.2, 0) is 14.3 Å². The maximum absolute atomic E-state index is 12.3. The summed E-state index contributed by atoms with van der Waals surface area (Å²) in [5.74, 6) is -0.425. The van der Waals surface area contributed by atoms with E-state index in [1.165, 1.54) is 25.4 Å². The molecule has 110 valence electrons. The van der Waals surface area contributed by atoms with Gasteiger partial charge in [0.25, 0.3) is 0 Å². The molecule has 2 aliphatic rings. The largest absolute Gasteiger partial charge is 0.465 e. The number of hydrogen-bond acceptors (Lipinski definition) is 5. The number of Topliss-reactive ketones (excluding diaryl/α,β-unsaturated/α-hetero) is 1. The zero-order chi connectivity index (χ0) is 15.0. The summed E-state index contributed by atoms with van der Waals surface area (Å²) in [4.78, 5) is 40.0. The SMILES string of the molecule is COC(=O)c1ccnc(NC(=O)C2(C(=O)C3CC3)CC2)c1. The van der Waals surface area contributed by atoms with E-state index in [2.05, 4.69) is 15.0 Å². The molecule has 3 rings (SSSR count). The van der Waals surface area contributed by atoms with Gasteiger partial charge in [0.2, 0.25) is 5.91 Å². The molecule has 1 aromatic rings. The first-order chi connectivity index (χ1) is 10.1. The van der Waals surface area contributed by atoms with Gasteiger partial charge in [0.1, 0.15) is 11.2 Å². The van der Waals surface area contributed by atoms with Crippen LogP contribution in [0, 0.1) is 11.3 Å². The van der Waals surface area contributed by atoms with E-state index in [1.54, 1.807) is 0 Å². The number of carbonyl (C=O) groups excluding carboxylic acids is 3. The number of pyridine rings is 1. The summed E-state index contributed by atoms with van der Waals surface area (Å²) in [6.07, 6.45) is 4.41. The standard InChI is InChI=1S/C15H16N2O4/c1-21-13(19)10-4-7-16-11(8-10)17-14(20)15(5-6-15)12(18)9-2-3-9/h4,7-9H,2-3,5-6H2,1H3,(H,16,17,20). The molecule has 0 unspecified atom stereocenters. The van der Waals surface area contributed by atoms with Crippen molar-refractivity contribution in [3.05, 3.63) is 23.9 Å². The van der Waals surface area contributed by atoms with Gasteiger partial charge in [-0.2, -0.15) is 0 Å². The van der Waals surface area contributed by atoms with E-state index >= 15 is 0 Å². The summed E-state index contributed by atoms with van der Waals surface area (Å²) >= 11 is 0. The topological polar surface area (TPSA) is 85.4 Å². The molecule has 0 bridgehead atoms. The maximum Gasteiger partial charge on any atom is 0.338 e. The Morgan fingerprint density at radius 3 is 2.62 bits per heavy atom. The molecule has 21 heavy (non-hydrogen) atoms. The predicted octanol–water partition coefficient (Wildman–Crippen LogP) is 1.57. The van der Waals surface area contributed by atoms with Crippen LogP contribution in [0.3, 0.4) is 0 Å². The number of carbonyl (C=O) groups is 3. The molecule has 1 N–H and O–H groups in total. The van der Waals surface area contributed by atoms with Crippen molar-refractivity contribution < 1.29 is 19.1 Å². The highest BCUT2D eigenvalue weighted by molar-refractivity contribution is 6.14. The second-order valence-corrected chi connectivity index (χ2v) is 5.60. The van der Waals surface area contributed by atoms with Crippen molar-refractivity contribution in [1.29, 1.82) is 0 Å². The molecule has 6 nitrogen and oxygen atoms in total. The molecule has 2 saturated carbocycles. The number of nitrogens with one attached hydrogen (secondary N) is 1. The molecule has 6 heteroatoms. The van der Waals surface area contributed by atoms with Gasteiger partial charge in [-0.3, -0.25) is 9.59 Å². The van der Waals surface area contributed by atoms with Gasteiger partial charge in [0.05, 0.1) is 12.7 Å². The molecular formula is C15H16N2O4. The van der Waals surface area contributed by atoms with Crippen LogP contribution in [-0.4, -0.2) is 29.8 Å². The molecule has 1 aromatic heterocycles. The van der Waals surface area contributed by atoms with Crippen molar-refractivity contribution >= 4 is 23.5 Å². The van der Waals surface area contributed by atoms with Gasteiger partial charge in [-0.1, -0.05) is 0 Å². The van der Waals surface area contributed by atoms with E-state index in [0.717, 1.165) is 12.8 Å². The van der Waals surface area contributed by atoms with E-state index in [4.69, 9.17) is 0 Å². The highest BCUT2D eigenvalue weighted by atomic mass is 16.5. The van der Waals surface area contributed by atoms with Gasteiger partial charge in [-0.25, -0.2) is 9.78 Å². The molecule has 2 aliphatic carbocycles. The fraction of sp³-hybridized carbons (Fsp3) is 0.467. The molecular weight excluding hydrogens is 272 g/mol. The lowest BCUT2D eigenvalue weighted by atomic mass is 9.96. The monoisotopic (exact) mass is 288 g/mol. The zero-order valence-electron chi connectivity index (χ0n) is 11.7. The van der Waals surface area contributed by atoms with Crippen LogP contribution in [0.1, 0.15) is 36.0 Å². The Morgan fingerprint density at radius 2 is 2.05 bits per heavy atom. The third-order valence-corrected chi connectivity index (χ3v) is 4.03. The van der Waals surface area contributed by atoms with Crippen molar-refractivity contribution in [2.45, 2.75) is 25.7 Å². The van der Waals surface area contributed by atoms with Crippen molar-refractivity contribution in [1.82, 2.24) is 4.98 Å². The maximum atomic E-state index is 12.3. The first-order valence-corrected chi connectivity index (χ1v) is 6.97. The minimum absolute atomic E-state index is 0.0594. The number of amides is 1. The Hall–Kier alpha value is -2.24. The number of esters is 1. The number of ether oxygens (including phenoxy) is 1. The third-order valence-electron chi connectivity index (χ3n) is 4.03. The predicted molar refractivity (Wildman–Crippen MR) is 73.6 cm³/mol. The molecule has 1 heterocycles. The lowest BCUT2D eigenvalue weighted by molar-refractivity contribution is -0.133. The first-order valence-electron chi connectivity index (χ1n) is 6.97. The minimum Gasteiger partial charge on any atom is -0.465 e. The molecule has 0 aromatic carbocycles. The molecule has 2 fully saturated rings. The molecule has 0 spiro atoms. The molecule has 0 aliphatic heterocycles. The number of anilines is 1. The van der Waals surface area contributed by atoms with Crippen LogP contribution in [0.4, 0.5) is 5.82 Å².